The van der Waals surface area contributed by atoms with Crippen molar-refractivity contribution in [2.24, 2.45) is 13.0 Å². The summed E-state index contributed by atoms with van der Waals surface area (Å²) in [6.45, 7) is 5.03. The summed E-state index contributed by atoms with van der Waals surface area (Å²) in [5, 5.41) is 4.34. The third kappa shape index (κ3) is 5.87. The van der Waals surface area contributed by atoms with Crippen molar-refractivity contribution in [3.05, 3.63) is 24.7 Å². The molecule has 160 valence electrons. The van der Waals surface area contributed by atoms with Crippen LogP contribution < -0.4 is 10.6 Å². The van der Waals surface area contributed by atoms with Gasteiger partial charge in [0.05, 0.1) is 5.92 Å². The molecular formula is C17H25N5O6S. The predicted molar refractivity (Wildman–Crippen MR) is 102 cm³/mol. The number of ether oxygens (including phenoxy) is 1. The summed E-state index contributed by atoms with van der Waals surface area (Å²) in [5.41, 5.74) is 0. The number of nitrogens with zero attached hydrogens (tertiary/aromatic N) is 3. The van der Waals surface area contributed by atoms with Crippen molar-refractivity contribution in [1.82, 2.24) is 24.5 Å². The van der Waals surface area contributed by atoms with Crippen molar-refractivity contribution in [2.45, 2.75) is 24.8 Å². The predicted octanol–water partition coefficient (Wildman–Crippen LogP) is -0.316. The highest BCUT2D eigenvalue weighted by molar-refractivity contribution is 7.89. The van der Waals surface area contributed by atoms with Gasteiger partial charge in [-0.15, -0.1) is 6.58 Å². The summed E-state index contributed by atoms with van der Waals surface area (Å²) in [6, 6.07) is -0.714. The zero-order valence-electron chi connectivity index (χ0n) is 16.4. The summed E-state index contributed by atoms with van der Waals surface area (Å²) in [7, 11) is -2.01. The van der Waals surface area contributed by atoms with Gasteiger partial charge in [0.25, 0.3) is 15.9 Å². The van der Waals surface area contributed by atoms with E-state index in [2.05, 4.69) is 16.9 Å². The van der Waals surface area contributed by atoms with Crippen LogP contribution in [0.2, 0.25) is 0 Å². The van der Waals surface area contributed by atoms with Gasteiger partial charge in [0.1, 0.15) is 5.82 Å². The van der Waals surface area contributed by atoms with Crippen LogP contribution in [-0.4, -0.2) is 66.4 Å². The Labute approximate surface area is 169 Å². The number of piperidine rings is 1. The van der Waals surface area contributed by atoms with Crippen LogP contribution in [0.1, 0.15) is 18.7 Å². The summed E-state index contributed by atoms with van der Waals surface area (Å²) in [4.78, 5) is 39.1. The van der Waals surface area contributed by atoms with Crippen molar-refractivity contribution in [2.75, 3.05) is 26.2 Å². The Bertz CT molecular complexity index is 867. The lowest BCUT2D eigenvalue weighted by Gasteiger charge is -2.29. The molecular weight excluding hydrogens is 402 g/mol. The van der Waals surface area contributed by atoms with E-state index in [0.29, 0.717) is 5.82 Å². The summed E-state index contributed by atoms with van der Waals surface area (Å²) in [6.07, 6.45) is 3.44. The highest BCUT2D eigenvalue weighted by Crippen LogP contribution is 2.24. The Morgan fingerprint density at radius 2 is 2.00 bits per heavy atom. The molecule has 11 nitrogen and oxygen atoms in total. The topological polar surface area (TPSA) is 140 Å². The lowest BCUT2D eigenvalue weighted by atomic mass is 9.98. The number of esters is 1. The lowest BCUT2D eigenvalue weighted by Crippen LogP contribution is -2.43. The molecule has 29 heavy (non-hydrogen) atoms. The zero-order chi connectivity index (χ0) is 21.6. The first-order valence-electron chi connectivity index (χ1n) is 9.00. The minimum atomic E-state index is -3.73. The molecule has 1 aliphatic rings. The molecule has 1 aliphatic heterocycles. The van der Waals surface area contributed by atoms with Crippen LogP contribution in [0.15, 0.2) is 23.9 Å². The van der Waals surface area contributed by atoms with Gasteiger partial charge in [0.15, 0.2) is 11.6 Å². The molecule has 2 heterocycles. The molecule has 0 atom stereocenters. The van der Waals surface area contributed by atoms with Crippen molar-refractivity contribution < 1.29 is 27.5 Å². The molecule has 2 N–H and O–H groups in total. The average Bonchev–Trinajstić information content (AvgIpc) is 3.04. The highest BCUT2D eigenvalue weighted by Gasteiger charge is 2.34. The van der Waals surface area contributed by atoms with Gasteiger partial charge >= 0.3 is 12.0 Å². The van der Waals surface area contributed by atoms with E-state index in [-0.39, 0.29) is 37.5 Å². The minimum Gasteiger partial charge on any atom is -0.455 e. The number of aryl methyl sites for hydroxylation is 2. The Morgan fingerprint density at radius 3 is 2.55 bits per heavy atom. The van der Waals surface area contributed by atoms with Crippen LogP contribution in [0.4, 0.5) is 4.79 Å². The normalized spacial score (nSPS) is 15.5. The van der Waals surface area contributed by atoms with Gasteiger partial charge in [-0.3, -0.25) is 14.9 Å². The number of carbonyl (C=O) groups is 3. The SMILES string of the molecule is C=CCNC(=O)NC(=O)COC(=O)C1CCN(S(=O)(=O)c2cn(C)c(C)n2)CC1. The van der Waals surface area contributed by atoms with E-state index in [0.717, 1.165) is 0 Å². The van der Waals surface area contributed by atoms with Crippen molar-refractivity contribution in [1.29, 1.82) is 0 Å². The molecule has 0 aromatic carbocycles. The number of carbonyl (C=O) groups excluding carboxylic acids is 3. The maximum atomic E-state index is 12.7. The Kier molecular flexibility index (Phi) is 7.51. The first kappa shape index (κ1) is 22.6. The number of hydrogen-bond acceptors (Lipinski definition) is 7. The van der Waals surface area contributed by atoms with Crippen LogP contribution >= 0.6 is 0 Å². The molecule has 0 aliphatic carbocycles. The lowest BCUT2D eigenvalue weighted by molar-refractivity contribution is -0.153. The molecule has 1 saturated heterocycles. The summed E-state index contributed by atoms with van der Waals surface area (Å²) < 4.78 is 33.2. The zero-order valence-corrected chi connectivity index (χ0v) is 17.2. The summed E-state index contributed by atoms with van der Waals surface area (Å²) >= 11 is 0. The van der Waals surface area contributed by atoms with Crippen LogP contribution in [0.5, 0.6) is 0 Å². The van der Waals surface area contributed by atoms with Gasteiger partial charge in [-0.05, 0) is 19.8 Å². The van der Waals surface area contributed by atoms with Gasteiger partial charge in [-0.25, -0.2) is 18.2 Å². The molecule has 3 amide bonds. The quantitative estimate of drug-likeness (QED) is 0.449. The number of aromatic nitrogens is 2. The van der Waals surface area contributed by atoms with E-state index in [9.17, 15) is 22.8 Å². The van der Waals surface area contributed by atoms with E-state index < -0.39 is 40.5 Å². The van der Waals surface area contributed by atoms with Gasteiger partial charge in [0, 0.05) is 32.9 Å². The number of sulfonamides is 1. The largest absolute Gasteiger partial charge is 0.455 e. The molecule has 0 spiro atoms. The fourth-order valence-electron chi connectivity index (χ4n) is 2.74. The Morgan fingerprint density at radius 1 is 1.34 bits per heavy atom. The minimum absolute atomic E-state index is 0.0232. The van der Waals surface area contributed by atoms with E-state index in [1.165, 1.54) is 16.6 Å². The van der Waals surface area contributed by atoms with Crippen molar-refractivity contribution in [3.63, 3.8) is 0 Å². The van der Waals surface area contributed by atoms with E-state index in [4.69, 9.17) is 4.74 Å². The standard InChI is InChI=1S/C17H25N5O6S/c1-4-7-18-17(25)20-14(23)11-28-16(24)13-5-8-22(9-6-13)29(26,27)15-10-21(3)12(2)19-15/h4,10,13H,1,5-9,11H2,2-3H3,(H2,18,20,23,25). The first-order valence-corrected chi connectivity index (χ1v) is 10.4. The second kappa shape index (κ2) is 9.65. The Hall–Kier alpha value is -2.73. The number of urea groups is 1. The van der Waals surface area contributed by atoms with Crippen molar-refractivity contribution >= 4 is 27.9 Å². The molecule has 1 aromatic rings. The van der Waals surface area contributed by atoms with E-state index in [1.54, 1.807) is 18.5 Å². The van der Waals surface area contributed by atoms with E-state index in [1.807, 2.05) is 5.32 Å². The molecule has 0 unspecified atom stereocenters. The van der Waals surface area contributed by atoms with Gasteiger partial charge < -0.3 is 14.6 Å². The van der Waals surface area contributed by atoms with Crippen LogP contribution in [-0.2, 0) is 31.4 Å². The third-order valence-corrected chi connectivity index (χ3v) is 6.25. The number of amides is 3. The second-order valence-corrected chi connectivity index (χ2v) is 8.46. The maximum Gasteiger partial charge on any atom is 0.321 e. The first-order chi connectivity index (χ1) is 13.6. The molecule has 0 bridgehead atoms. The summed E-state index contributed by atoms with van der Waals surface area (Å²) in [5.74, 6) is -1.30. The highest BCUT2D eigenvalue weighted by atomic mass is 32.2. The van der Waals surface area contributed by atoms with Crippen molar-refractivity contribution in [3.8, 4) is 0 Å². The second-order valence-electron chi connectivity index (χ2n) is 6.57. The third-order valence-electron chi connectivity index (χ3n) is 4.48. The smallest absolute Gasteiger partial charge is 0.321 e. The van der Waals surface area contributed by atoms with Crippen LogP contribution in [0.3, 0.4) is 0 Å². The van der Waals surface area contributed by atoms with Gasteiger partial charge in [-0.1, -0.05) is 6.08 Å². The average molecular weight is 427 g/mol. The van der Waals surface area contributed by atoms with E-state index >= 15 is 0 Å². The number of hydrogen-bond donors (Lipinski definition) is 2. The molecule has 0 saturated carbocycles. The maximum absolute atomic E-state index is 12.7. The number of imide groups is 1. The molecule has 1 fully saturated rings. The molecule has 1 aromatic heterocycles. The number of nitrogens with one attached hydrogen (secondary N) is 2. The molecule has 12 heteroatoms. The number of rotatable bonds is 7. The fraction of sp³-hybridized carbons (Fsp3) is 0.529. The van der Waals surface area contributed by atoms with Crippen LogP contribution in [0.25, 0.3) is 0 Å². The Balaban J connectivity index is 1.81. The molecule has 0 radical (unpaired) electrons. The molecule has 2 rings (SSSR count). The fourth-order valence-corrected chi connectivity index (χ4v) is 4.24. The van der Waals surface area contributed by atoms with Crippen LogP contribution in [0, 0.1) is 12.8 Å². The monoisotopic (exact) mass is 427 g/mol. The van der Waals surface area contributed by atoms with Gasteiger partial charge in [-0.2, -0.15) is 4.31 Å². The van der Waals surface area contributed by atoms with Gasteiger partial charge in [0.2, 0.25) is 0 Å². The number of imidazole rings is 1.